The van der Waals surface area contributed by atoms with Crippen LogP contribution in [0.1, 0.15) is 31.2 Å². The molecule has 1 fully saturated rings. The summed E-state index contributed by atoms with van der Waals surface area (Å²) in [6, 6.07) is 3.83. The van der Waals surface area contributed by atoms with Crippen LogP contribution in [0.25, 0.3) is 0 Å². The molecule has 0 saturated carbocycles. The summed E-state index contributed by atoms with van der Waals surface area (Å²) >= 11 is 0. The lowest BCUT2D eigenvalue weighted by molar-refractivity contribution is -0.121. The quantitative estimate of drug-likeness (QED) is 0.734. The smallest absolute Gasteiger partial charge is 0.220 e. The van der Waals surface area contributed by atoms with Crippen molar-refractivity contribution in [2.45, 2.75) is 44.9 Å². The molecule has 0 spiro atoms. The molecule has 9 heteroatoms. The van der Waals surface area contributed by atoms with E-state index < -0.39 is 0 Å². The summed E-state index contributed by atoms with van der Waals surface area (Å²) in [6.45, 7) is 2.51. The van der Waals surface area contributed by atoms with Crippen molar-refractivity contribution in [3.8, 4) is 0 Å². The van der Waals surface area contributed by atoms with Gasteiger partial charge in [0, 0.05) is 44.4 Å². The number of β-amino-alcohol motifs (C(OH)–C–C–N with tert-alkyl or cyclic N) is 1. The zero-order valence-electron chi connectivity index (χ0n) is 14.1. The molecular weight excluding hydrogens is 322 g/mol. The molecule has 3 heterocycles. The first-order valence-electron chi connectivity index (χ1n) is 8.57. The molecular formula is C16H23N7O2. The van der Waals surface area contributed by atoms with Crippen LogP contribution in [0.2, 0.25) is 0 Å². The zero-order chi connectivity index (χ0) is 17.5. The lowest BCUT2D eigenvalue weighted by Gasteiger charge is -2.32. The number of aliphatic hydroxyl groups excluding tert-OH is 1. The number of pyridine rings is 1. The van der Waals surface area contributed by atoms with Crippen molar-refractivity contribution in [3.63, 3.8) is 0 Å². The number of amides is 1. The molecule has 0 aromatic carbocycles. The van der Waals surface area contributed by atoms with Crippen LogP contribution >= 0.6 is 0 Å². The van der Waals surface area contributed by atoms with Crippen molar-refractivity contribution in [1.82, 2.24) is 30.5 Å². The van der Waals surface area contributed by atoms with Gasteiger partial charge in [-0.2, -0.15) is 0 Å². The van der Waals surface area contributed by atoms with E-state index in [1.54, 1.807) is 10.9 Å². The molecule has 2 aromatic heterocycles. The molecule has 0 aliphatic carbocycles. The Morgan fingerprint density at radius 1 is 1.44 bits per heavy atom. The number of nitrogens with one attached hydrogen (secondary N) is 1. The fourth-order valence-electron chi connectivity index (χ4n) is 2.97. The van der Waals surface area contributed by atoms with Crippen molar-refractivity contribution in [2.24, 2.45) is 0 Å². The molecule has 2 N–H and O–H groups in total. The summed E-state index contributed by atoms with van der Waals surface area (Å²) in [5.74, 6) is 0.830. The van der Waals surface area contributed by atoms with E-state index in [2.05, 4.69) is 30.7 Å². The lowest BCUT2D eigenvalue weighted by atomic mass is 10.1. The number of tetrazole rings is 1. The largest absolute Gasteiger partial charge is 0.391 e. The predicted octanol–water partition coefficient (Wildman–Crippen LogP) is 0.126. The molecule has 1 saturated heterocycles. The minimum absolute atomic E-state index is 0.0124. The molecule has 1 aliphatic rings. The Balaban J connectivity index is 1.49. The molecule has 0 bridgehead atoms. The van der Waals surface area contributed by atoms with Crippen LogP contribution in [0.15, 0.2) is 24.7 Å². The summed E-state index contributed by atoms with van der Waals surface area (Å²) in [5, 5.41) is 23.7. The highest BCUT2D eigenvalue weighted by molar-refractivity contribution is 5.76. The van der Waals surface area contributed by atoms with E-state index in [4.69, 9.17) is 0 Å². The third kappa shape index (κ3) is 4.96. The number of hydrogen-bond acceptors (Lipinski definition) is 7. The fourth-order valence-corrected chi connectivity index (χ4v) is 2.97. The van der Waals surface area contributed by atoms with Crippen molar-refractivity contribution in [3.05, 3.63) is 30.2 Å². The maximum Gasteiger partial charge on any atom is 0.220 e. The average molecular weight is 345 g/mol. The van der Waals surface area contributed by atoms with Crippen molar-refractivity contribution >= 4 is 11.7 Å². The molecule has 1 aliphatic heterocycles. The molecule has 1 atom stereocenters. The predicted molar refractivity (Wildman–Crippen MR) is 90.6 cm³/mol. The molecule has 134 valence electrons. The standard InChI is InChI=1S/C16H23N7O2/c24-14-5-2-8-22(11-14)16-13(4-1-7-17-16)10-18-15(25)6-3-9-23-12-19-20-21-23/h1,4,7,12,14,24H,2-3,5-6,8-11H2,(H,18,25)/t14-/m1/s1. The highest BCUT2D eigenvalue weighted by Crippen LogP contribution is 2.21. The second kappa shape index (κ2) is 8.52. The molecule has 1 amide bonds. The third-order valence-electron chi connectivity index (χ3n) is 4.22. The van der Waals surface area contributed by atoms with Gasteiger partial charge in [-0.3, -0.25) is 4.79 Å². The van der Waals surface area contributed by atoms with Gasteiger partial charge in [-0.15, -0.1) is 5.10 Å². The van der Waals surface area contributed by atoms with Crippen molar-refractivity contribution in [2.75, 3.05) is 18.0 Å². The molecule has 0 unspecified atom stereocenters. The number of hydrogen-bond donors (Lipinski definition) is 2. The number of rotatable bonds is 7. The van der Waals surface area contributed by atoms with Gasteiger partial charge in [-0.1, -0.05) is 6.07 Å². The van der Waals surface area contributed by atoms with Crippen LogP contribution in [0, 0.1) is 0 Å². The van der Waals surface area contributed by atoms with Crippen molar-refractivity contribution < 1.29 is 9.90 Å². The maximum atomic E-state index is 12.0. The minimum atomic E-state index is -0.315. The van der Waals surface area contributed by atoms with E-state index in [-0.39, 0.29) is 12.0 Å². The Bertz CT molecular complexity index is 677. The Morgan fingerprint density at radius 3 is 3.16 bits per heavy atom. The van der Waals surface area contributed by atoms with E-state index in [0.29, 0.717) is 32.5 Å². The topological polar surface area (TPSA) is 109 Å². The number of carbonyl (C=O) groups excluding carboxylic acids is 1. The second-order valence-electron chi connectivity index (χ2n) is 6.18. The number of nitrogens with zero attached hydrogens (tertiary/aromatic N) is 6. The summed E-state index contributed by atoms with van der Waals surface area (Å²) in [7, 11) is 0. The number of carbonyl (C=O) groups is 1. The van der Waals surface area contributed by atoms with Gasteiger partial charge < -0.3 is 15.3 Å². The van der Waals surface area contributed by atoms with E-state index in [1.165, 1.54) is 6.33 Å². The average Bonchev–Trinajstić information content (AvgIpc) is 3.14. The number of aromatic nitrogens is 5. The first-order chi connectivity index (χ1) is 12.2. The zero-order valence-corrected chi connectivity index (χ0v) is 14.1. The van der Waals surface area contributed by atoms with Gasteiger partial charge >= 0.3 is 0 Å². The Kier molecular flexibility index (Phi) is 5.89. The first-order valence-corrected chi connectivity index (χ1v) is 8.57. The van der Waals surface area contributed by atoms with Crippen LogP contribution in [0.5, 0.6) is 0 Å². The Hall–Kier alpha value is -2.55. The second-order valence-corrected chi connectivity index (χ2v) is 6.18. The molecule has 2 aromatic rings. The van der Waals surface area contributed by atoms with Gasteiger partial charge in [0.05, 0.1) is 6.10 Å². The van der Waals surface area contributed by atoms with Gasteiger partial charge in [0.25, 0.3) is 0 Å². The molecule has 9 nitrogen and oxygen atoms in total. The SMILES string of the molecule is O=C(CCCn1cnnn1)NCc1cccnc1N1CCC[C@@H](O)C1. The fraction of sp³-hybridized carbons (Fsp3) is 0.562. The highest BCUT2D eigenvalue weighted by atomic mass is 16.3. The van der Waals surface area contributed by atoms with Crippen molar-refractivity contribution in [1.29, 1.82) is 0 Å². The number of piperidine rings is 1. The van der Waals surface area contributed by atoms with E-state index in [1.807, 2.05) is 12.1 Å². The van der Waals surface area contributed by atoms with Crippen LogP contribution in [0.4, 0.5) is 5.82 Å². The normalized spacial score (nSPS) is 17.5. The minimum Gasteiger partial charge on any atom is -0.391 e. The highest BCUT2D eigenvalue weighted by Gasteiger charge is 2.20. The summed E-state index contributed by atoms with van der Waals surface area (Å²) < 4.78 is 1.61. The summed E-state index contributed by atoms with van der Waals surface area (Å²) in [6.07, 6.45) is 5.83. The molecule has 0 radical (unpaired) electrons. The monoisotopic (exact) mass is 345 g/mol. The van der Waals surface area contributed by atoms with E-state index in [9.17, 15) is 9.90 Å². The maximum absolute atomic E-state index is 12.0. The Labute approximate surface area is 146 Å². The molecule has 25 heavy (non-hydrogen) atoms. The van der Waals surface area contributed by atoms with Crippen LogP contribution in [-0.4, -0.2) is 55.4 Å². The number of aliphatic hydroxyl groups is 1. The summed E-state index contributed by atoms with van der Waals surface area (Å²) in [5.41, 5.74) is 0.963. The van der Waals surface area contributed by atoms with Gasteiger partial charge in [0.2, 0.25) is 5.91 Å². The van der Waals surface area contributed by atoms with E-state index >= 15 is 0 Å². The van der Waals surface area contributed by atoms with Gasteiger partial charge in [0.15, 0.2) is 0 Å². The molecule has 3 rings (SSSR count). The van der Waals surface area contributed by atoms with Crippen LogP contribution in [0.3, 0.4) is 0 Å². The third-order valence-corrected chi connectivity index (χ3v) is 4.22. The number of aryl methyl sites for hydroxylation is 1. The van der Waals surface area contributed by atoms with Gasteiger partial charge in [-0.25, -0.2) is 9.67 Å². The first kappa shape index (κ1) is 17.3. The van der Waals surface area contributed by atoms with Gasteiger partial charge in [-0.05, 0) is 35.8 Å². The number of anilines is 1. The Morgan fingerprint density at radius 2 is 2.36 bits per heavy atom. The van der Waals surface area contributed by atoms with Crippen LogP contribution in [-0.2, 0) is 17.9 Å². The lowest BCUT2D eigenvalue weighted by Crippen LogP contribution is -2.39. The summed E-state index contributed by atoms with van der Waals surface area (Å²) in [4.78, 5) is 18.6. The van der Waals surface area contributed by atoms with Crippen LogP contribution < -0.4 is 10.2 Å². The van der Waals surface area contributed by atoms with Gasteiger partial charge in [0.1, 0.15) is 12.1 Å². The van der Waals surface area contributed by atoms with E-state index in [0.717, 1.165) is 30.8 Å².